The van der Waals surface area contributed by atoms with Crippen LogP contribution in [-0.4, -0.2) is 81.8 Å². The third kappa shape index (κ3) is 9.95. The minimum absolute atomic E-state index is 0.112. The lowest BCUT2D eigenvalue weighted by atomic mass is 10.2. The maximum absolute atomic E-state index is 13.4. The van der Waals surface area contributed by atoms with Crippen LogP contribution in [0.4, 0.5) is 17.2 Å². The van der Waals surface area contributed by atoms with Gasteiger partial charge in [-0.2, -0.15) is 14.7 Å². The van der Waals surface area contributed by atoms with Crippen LogP contribution in [0, 0.1) is 0 Å². The molecule has 9 aromatic rings. The maximum atomic E-state index is 13.4. The molecule has 22 heteroatoms. The molecule has 3 aromatic carbocycles. The molecule has 9 rings (SSSR count). The molecule has 1 atom stereocenters. The van der Waals surface area contributed by atoms with Crippen molar-refractivity contribution < 1.29 is 19.5 Å². The van der Waals surface area contributed by atoms with Crippen LogP contribution < -0.4 is 38.1 Å². The minimum atomic E-state index is -1.47. The Morgan fingerprint density at radius 1 is 0.746 bits per heavy atom. The Morgan fingerprint density at radius 3 is 2.00 bits per heavy atom. The van der Waals surface area contributed by atoms with E-state index < -0.39 is 22.2 Å². The molecule has 63 heavy (non-hydrogen) atoms. The highest BCUT2D eigenvalue weighted by Crippen LogP contribution is 2.20. The molecule has 0 aliphatic rings. The second-order valence-corrected chi connectivity index (χ2v) is 15.7. The number of aromatic amines is 4. The summed E-state index contributed by atoms with van der Waals surface area (Å²) in [6.45, 7) is 0.0835. The quantitative estimate of drug-likeness (QED) is 0.0924. The molecule has 0 aliphatic carbocycles. The van der Waals surface area contributed by atoms with Crippen LogP contribution in [0.3, 0.4) is 0 Å². The highest BCUT2D eigenvalue weighted by molar-refractivity contribution is 7.84. The first-order chi connectivity index (χ1) is 30.5. The number of H-pyrrole nitrogens is 4. The van der Waals surface area contributed by atoms with Gasteiger partial charge < -0.3 is 30.6 Å². The van der Waals surface area contributed by atoms with Crippen molar-refractivity contribution in [3.05, 3.63) is 173 Å². The van der Waals surface area contributed by atoms with Crippen molar-refractivity contribution in [2.24, 2.45) is 9.98 Å². The molecule has 0 fully saturated rings. The summed E-state index contributed by atoms with van der Waals surface area (Å²) >= 11 is 12.1. The van der Waals surface area contributed by atoms with Gasteiger partial charge in [0.2, 0.25) is 11.8 Å². The van der Waals surface area contributed by atoms with Crippen molar-refractivity contribution in [3.8, 4) is 11.8 Å². The highest BCUT2D eigenvalue weighted by Gasteiger charge is 2.15. The summed E-state index contributed by atoms with van der Waals surface area (Å²) in [4.78, 5) is 50.4. The van der Waals surface area contributed by atoms with Crippen molar-refractivity contribution in [2.45, 2.75) is 10.8 Å². The van der Waals surface area contributed by atoms with Crippen LogP contribution in [-0.2, 0) is 16.6 Å². The SMILES string of the molecule is O=c1[nH]c(O)c(C=c2cnn3c(=NCCO)cc(Nc4cccc(Cl)c4)nc23)[nH]1.O=c1[nH]c(O)c(C=c2cnn3c(S(=O)Cc4ccccc4)cc(=Nc4cccc(Cl)c4)nc23)[nH]1. The van der Waals surface area contributed by atoms with E-state index in [4.69, 9.17) is 28.3 Å². The highest BCUT2D eigenvalue weighted by atomic mass is 35.5. The van der Waals surface area contributed by atoms with Crippen molar-refractivity contribution in [2.75, 3.05) is 18.5 Å². The van der Waals surface area contributed by atoms with Gasteiger partial charge in [0.25, 0.3) is 0 Å². The third-order valence-electron chi connectivity index (χ3n) is 8.90. The van der Waals surface area contributed by atoms with Crippen LogP contribution in [0.15, 0.2) is 128 Å². The van der Waals surface area contributed by atoms with E-state index in [-0.39, 0.29) is 42.1 Å². The summed E-state index contributed by atoms with van der Waals surface area (Å²) in [5.41, 5.74) is 3.12. The zero-order chi connectivity index (χ0) is 44.0. The summed E-state index contributed by atoms with van der Waals surface area (Å²) in [7, 11) is -1.47. The normalized spacial score (nSPS) is 13.2. The van der Waals surface area contributed by atoms with E-state index in [0.717, 1.165) is 11.3 Å². The van der Waals surface area contributed by atoms with Gasteiger partial charge in [0.1, 0.15) is 22.2 Å². The van der Waals surface area contributed by atoms with Crippen LogP contribution in [0.5, 0.6) is 11.8 Å². The molecule has 0 bridgehead atoms. The van der Waals surface area contributed by atoms with Gasteiger partial charge in [0.15, 0.2) is 22.3 Å². The van der Waals surface area contributed by atoms with E-state index in [1.807, 2.05) is 42.5 Å². The van der Waals surface area contributed by atoms with Crippen molar-refractivity contribution in [1.82, 2.24) is 49.1 Å². The fraction of sp³-hybridized carbons (Fsp3) is 0.0732. The first-order valence-electron chi connectivity index (χ1n) is 18.7. The number of aromatic nitrogens is 10. The number of aromatic hydroxyl groups is 2. The molecule has 8 N–H and O–H groups in total. The summed E-state index contributed by atoms with van der Waals surface area (Å²) < 4.78 is 16.4. The molecule has 6 heterocycles. The molecular weight excluding hydrogens is 874 g/mol. The smallest absolute Gasteiger partial charge is 0.326 e. The zero-order valence-electron chi connectivity index (χ0n) is 32.4. The molecule has 0 saturated carbocycles. The van der Waals surface area contributed by atoms with Crippen molar-refractivity contribution in [1.29, 1.82) is 0 Å². The van der Waals surface area contributed by atoms with Gasteiger partial charge in [-0.15, -0.1) is 0 Å². The second kappa shape index (κ2) is 18.5. The summed E-state index contributed by atoms with van der Waals surface area (Å²) in [6.07, 6.45) is 6.12. The Kier molecular flexibility index (Phi) is 12.4. The number of aliphatic hydroxyl groups is 1. The second-order valence-electron chi connectivity index (χ2n) is 13.4. The number of hydrogen-bond donors (Lipinski definition) is 8. The molecule has 318 valence electrons. The number of fused-ring (bicyclic) bond motifs is 2. The first kappa shape index (κ1) is 42.1. The number of benzene rings is 3. The Balaban J connectivity index is 0.000000175. The zero-order valence-corrected chi connectivity index (χ0v) is 34.7. The van der Waals surface area contributed by atoms with E-state index in [1.165, 1.54) is 27.5 Å². The average Bonchev–Trinajstić information content (AvgIpc) is 4.02. The molecule has 19 nitrogen and oxygen atoms in total. The number of anilines is 2. The van der Waals surface area contributed by atoms with E-state index >= 15 is 0 Å². The van der Waals surface area contributed by atoms with Gasteiger partial charge in [0.05, 0.1) is 47.8 Å². The predicted octanol–water partition coefficient (Wildman–Crippen LogP) is 2.48. The van der Waals surface area contributed by atoms with Crippen molar-refractivity contribution in [3.63, 3.8) is 0 Å². The maximum Gasteiger partial charge on any atom is 0.326 e. The minimum Gasteiger partial charge on any atom is -0.493 e. The van der Waals surface area contributed by atoms with Gasteiger partial charge in [-0.3, -0.25) is 19.2 Å². The largest absolute Gasteiger partial charge is 0.493 e. The number of hydrogen-bond acceptors (Lipinski definition) is 13. The Labute approximate surface area is 365 Å². The lowest BCUT2D eigenvalue weighted by Crippen LogP contribution is -2.20. The van der Waals surface area contributed by atoms with E-state index in [9.17, 15) is 24.0 Å². The predicted molar refractivity (Wildman–Crippen MR) is 235 cm³/mol. The molecule has 0 spiro atoms. The topological polar surface area (TPSA) is 272 Å². The lowest BCUT2D eigenvalue weighted by Gasteiger charge is -2.06. The summed E-state index contributed by atoms with van der Waals surface area (Å²) in [6, 6.07) is 27.0. The number of aliphatic hydroxyl groups excluding tert-OH is 1. The van der Waals surface area contributed by atoms with Crippen LogP contribution in [0.2, 0.25) is 10.0 Å². The Hall–Kier alpha value is -7.65. The van der Waals surface area contributed by atoms with Gasteiger partial charge in [-0.25, -0.2) is 29.1 Å². The molecule has 1 unspecified atom stereocenters. The molecule has 0 radical (unpaired) electrons. The van der Waals surface area contributed by atoms with Gasteiger partial charge >= 0.3 is 11.4 Å². The molecule has 0 aliphatic heterocycles. The van der Waals surface area contributed by atoms with Gasteiger partial charge in [0, 0.05) is 38.3 Å². The van der Waals surface area contributed by atoms with Crippen LogP contribution in [0.1, 0.15) is 17.0 Å². The number of halogens is 2. The molecule has 0 amide bonds. The van der Waals surface area contributed by atoms with E-state index in [1.54, 1.807) is 54.6 Å². The van der Waals surface area contributed by atoms with E-state index in [2.05, 4.69) is 55.4 Å². The van der Waals surface area contributed by atoms with E-state index in [0.29, 0.717) is 59.3 Å². The molecule has 0 saturated heterocycles. The Bertz CT molecular complexity index is 3530. The monoisotopic (exact) mass is 905 g/mol. The Morgan fingerprint density at radius 2 is 1.38 bits per heavy atom. The number of imidazole rings is 2. The molecule has 6 aromatic heterocycles. The fourth-order valence-corrected chi connectivity index (χ4v) is 7.74. The summed E-state index contributed by atoms with van der Waals surface area (Å²) in [5.74, 6) is 0.171. The van der Waals surface area contributed by atoms with Crippen LogP contribution >= 0.6 is 23.2 Å². The number of nitrogens with zero attached hydrogens (tertiary/aromatic N) is 8. The van der Waals surface area contributed by atoms with Crippen molar-refractivity contribution >= 4 is 74.6 Å². The number of nitrogens with one attached hydrogen (secondary N) is 5. The fourth-order valence-electron chi connectivity index (χ4n) is 6.16. The third-order valence-corrected chi connectivity index (χ3v) is 10.7. The standard InChI is InChI=1S/C23H17ClN6O3S.C18H16ClN7O3/c24-16-7-4-8-17(10-16)26-19-11-20(34(33)13-14-5-2-1-3-6-14)30-21(28-19)15(12-25-30)9-18-22(31)29-23(32)27-18;19-11-2-1-3-12(7-11)22-14-8-15(20-4-5-27)26-16(24-14)10(9-21-26)6-13-17(28)25-18(29)23-13/h1-12,31H,13H2,(H2,27,29,32);1-3,6-9,22,27-28H,4-5H2,(H2,23,25,29). The van der Waals surface area contributed by atoms with Gasteiger partial charge in [-0.05, 0) is 54.1 Å². The lowest BCUT2D eigenvalue weighted by molar-refractivity contribution is 0.305. The van der Waals surface area contributed by atoms with Gasteiger partial charge in [-0.1, -0.05) is 65.7 Å². The molecular formula is C41H33Cl2N13O6S. The first-order valence-corrected chi connectivity index (χ1v) is 20.8. The summed E-state index contributed by atoms with van der Waals surface area (Å²) in [5, 5.41) is 43.2. The van der Waals surface area contributed by atoms with Crippen LogP contribution in [0.25, 0.3) is 23.4 Å². The number of rotatable bonds is 10. The average molecular weight is 907 g/mol.